The van der Waals surface area contributed by atoms with Crippen LogP contribution in [0.15, 0.2) is 0 Å². The van der Waals surface area contributed by atoms with Crippen molar-refractivity contribution >= 4 is 62.4 Å². The first-order valence-electron chi connectivity index (χ1n) is 1.25. The molecule has 0 aliphatic heterocycles. The Kier molecular flexibility index (Phi) is 12.1. The van der Waals surface area contributed by atoms with E-state index in [2.05, 4.69) is 4.28 Å². The SMILES string of the molecule is CNO[SH](=O)=O.[KH]. The molecule has 1 N–H and O–H groups in total. The molecule has 0 aromatic rings. The van der Waals surface area contributed by atoms with E-state index in [4.69, 9.17) is 0 Å². The molecule has 0 spiro atoms. The number of hydrogen-bond donors (Lipinski definition) is 2. The van der Waals surface area contributed by atoms with Crippen molar-refractivity contribution in [2.45, 2.75) is 0 Å². The van der Waals surface area contributed by atoms with Crippen LogP contribution in [0.3, 0.4) is 0 Å². The molecule has 0 heterocycles. The Bertz CT molecular complexity index is 82.9. The molecule has 7 heavy (non-hydrogen) atoms. The number of rotatable bonds is 2. The monoisotopic (exact) mass is 151 g/mol. The van der Waals surface area contributed by atoms with Gasteiger partial charge in [0.15, 0.2) is 0 Å². The summed E-state index contributed by atoms with van der Waals surface area (Å²) in [5.41, 5.74) is 1.97. The van der Waals surface area contributed by atoms with E-state index in [1.807, 2.05) is 5.48 Å². The summed E-state index contributed by atoms with van der Waals surface area (Å²) in [5, 5.41) is 0. The Hall–Kier alpha value is 1.51. The molecule has 0 saturated heterocycles. The Morgan fingerprint density at radius 3 is 2.00 bits per heavy atom. The average molecular weight is 151 g/mol. The molecular formula is CH6KNO3S. The molecule has 0 aromatic heterocycles. The van der Waals surface area contributed by atoms with Crippen LogP contribution in [0.25, 0.3) is 0 Å². The number of thiol groups is 1. The Balaban J connectivity index is 0. The third-order valence-corrected chi connectivity index (χ3v) is 0.497. The minimum atomic E-state index is -2.71. The summed E-state index contributed by atoms with van der Waals surface area (Å²) in [4.78, 5) is 0. The second kappa shape index (κ2) is 7.51. The van der Waals surface area contributed by atoms with Crippen molar-refractivity contribution in [3.8, 4) is 0 Å². The molecule has 4 nitrogen and oxygen atoms in total. The van der Waals surface area contributed by atoms with Crippen LogP contribution in [0.1, 0.15) is 0 Å². The molecule has 0 amide bonds. The van der Waals surface area contributed by atoms with E-state index in [-0.39, 0.29) is 51.4 Å². The Labute approximate surface area is 86.1 Å². The number of hydrogen-bond acceptors (Lipinski definition) is 4. The summed E-state index contributed by atoms with van der Waals surface area (Å²) in [5.74, 6) is 0. The van der Waals surface area contributed by atoms with Gasteiger partial charge in [0, 0.05) is 7.05 Å². The second-order valence-electron chi connectivity index (χ2n) is 0.519. The van der Waals surface area contributed by atoms with Crippen molar-refractivity contribution in [3.63, 3.8) is 0 Å². The Morgan fingerprint density at radius 1 is 1.57 bits per heavy atom. The van der Waals surface area contributed by atoms with Gasteiger partial charge < -0.3 is 0 Å². The Morgan fingerprint density at radius 2 is 2.00 bits per heavy atom. The van der Waals surface area contributed by atoms with Crippen molar-refractivity contribution < 1.29 is 12.7 Å². The third-order valence-electron chi connectivity index (χ3n) is 0.166. The van der Waals surface area contributed by atoms with Crippen LogP contribution < -0.4 is 5.48 Å². The van der Waals surface area contributed by atoms with Gasteiger partial charge in [0.1, 0.15) is 0 Å². The van der Waals surface area contributed by atoms with Crippen LogP contribution in [0, 0.1) is 0 Å². The summed E-state index contributed by atoms with van der Waals surface area (Å²) in [7, 11) is -1.35. The number of hydroxylamine groups is 1. The van der Waals surface area contributed by atoms with Gasteiger partial charge in [-0.3, -0.25) is 0 Å². The fourth-order valence-corrected chi connectivity index (χ4v) is 0.224. The van der Waals surface area contributed by atoms with Crippen LogP contribution in [0.4, 0.5) is 0 Å². The maximum atomic E-state index is 9.35. The molecule has 0 fully saturated rings. The normalized spacial score (nSPS) is 8.29. The minimum absolute atomic E-state index is 0. The van der Waals surface area contributed by atoms with E-state index in [9.17, 15) is 8.42 Å². The van der Waals surface area contributed by atoms with E-state index in [1.54, 1.807) is 0 Å². The third kappa shape index (κ3) is 11.2. The topological polar surface area (TPSA) is 55.4 Å². The zero-order valence-electron chi connectivity index (χ0n) is 3.17. The first-order chi connectivity index (χ1) is 2.77. The van der Waals surface area contributed by atoms with Crippen LogP contribution in [0.5, 0.6) is 0 Å². The van der Waals surface area contributed by atoms with Gasteiger partial charge >= 0.3 is 51.4 Å². The predicted molar refractivity (Wildman–Crippen MR) is 27.6 cm³/mol. The van der Waals surface area contributed by atoms with Crippen molar-refractivity contribution in [2.24, 2.45) is 0 Å². The average Bonchev–Trinajstić information content (AvgIpc) is 1.35. The summed E-state index contributed by atoms with van der Waals surface area (Å²) in [6.07, 6.45) is 0. The van der Waals surface area contributed by atoms with Crippen LogP contribution in [-0.2, 0) is 15.3 Å². The van der Waals surface area contributed by atoms with Crippen LogP contribution in [0.2, 0.25) is 0 Å². The first-order valence-corrected chi connectivity index (χ1v) is 2.35. The standard InChI is InChI=1S/CH5NO3S.K.H/c1-2-5-6(3)4;;/h2,6H,1H3;;. The van der Waals surface area contributed by atoms with E-state index < -0.39 is 11.0 Å². The fraction of sp³-hybridized carbons (Fsp3) is 1.00. The van der Waals surface area contributed by atoms with Gasteiger partial charge in [-0.2, -0.15) is 9.76 Å². The molecule has 0 aromatic carbocycles. The number of nitrogens with one attached hydrogen (secondary N) is 1. The van der Waals surface area contributed by atoms with Gasteiger partial charge in [-0.25, -0.2) is 8.42 Å². The zero-order valence-corrected chi connectivity index (χ0v) is 4.07. The first kappa shape index (κ1) is 11.3. The molecule has 0 radical (unpaired) electrons. The van der Waals surface area contributed by atoms with Crippen LogP contribution >= 0.6 is 0 Å². The van der Waals surface area contributed by atoms with Gasteiger partial charge in [0.25, 0.3) is 11.0 Å². The predicted octanol–water partition coefficient (Wildman–Crippen LogP) is -1.98. The van der Waals surface area contributed by atoms with Crippen molar-refractivity contribution in [2.75, 3.05) is 7.05 Å². The molecule has 0 atom stereocenters. The van der Waals surface area contributed by atoms with Gasteiger partial charge in [-0.1, -0.05) is 0 Å². The van der Waals surface area contributed by atoms with E-state index in [0.29, 0.717) is 0 Å². The molecule has 0 bridgehead atoms. The second-order valence-corrected chi connectivity index (χ2v) is 1.15. The molecule has 0 unspecified atom stereocenters. The molecule has 40 valence electrons. The molecule has 0 rings (SSSR count). The molecule has 0 saturated carbocycles. The van der Waals surface area contributed by atoms with Gasteiger partial charge in [-0.15, -0.1) is 0 Å². The van der Waals surface area contributed by atoms with E-state index in [1.165, 1.54) is 7.05 Å². The quantitative estimate of drug-likeness (QED) is 0.273. The van der Waals surface area contributed by atoms with Crippen molar-refractivity contribution in [1.29, 1.82) is 0 Å². The van der Waals surface area contributed by atoms with E-state index >= 15 is 0 Å². The molecule has 0 aliphatic carbocycles. The van der Waals surface area contributed by atoms with Crippen LogP contribution in [-0.4, -0.2) is 66.9 Å². The summed E-state index contributed by atoms with van der Waals surface area (Å²) in [6.45, 7) is 0. The molecular weight excluding hydrogens is 145 g/mol. The maximum absolute atomic E-state index is 9.35. The summed E-state index contributed by atoms with van der Waals surface area (Å²) >= 11 is 0. The van der Waals surface area contributed by atoms with E-state index in [0.717, 1.165) is 0 Å². The summed E-state index contributed by atoms with van der Waals surface area (Å²) in [6, 6.07) is 0. The fourth-order valence-electron chi connectivity index (χ4n) is 0.0745. The summed E-state index contributed by atoms with van der Waals surface area (Å²) < 4.78 is 22.4. The van der Waals surface area contributed by atoms with Gasteiger partial charge in [0.2, 0.25) is 0 Å². The van der Waals surface area contributed by atoms with Gasteiger partial charge in [-0.05, 0) is 0 Å². The zero-order chi connectivity index (χ0) is 4.99. The van der Waals surface area contributed by atoms with Crippen molar-refractivity contribution in [3.05, 3.63) is 0 Å². The van der Waals surface area contributed by atoms with Gasteiger partial charge in [0.05, 0.1) is 0 Å². The molecule has 6 heteroatoms. The molecule has 0 aliphatic rings. The van der Waals surface area contributed by atoms with Crippen molar-refractivity contribution in [1.82, 2.24) is 5.48 Å².